The van der Waals surface area contributed by atoms with Crippen LogP contribution in [-0.4, -0.2) is 92.5 Å². The second kappa shape index (κ2) is 13.3. The fourth-order valence-corrected chi connectivity index (χ4v) is 5.46. The Morgan fingerprint density at radius 2 is 2.00 bits per heavy atom. The van der Waals surface area contributed by atoms with Crippen LogP contribution in [0.15, 0.2) is 18.3 Å². The van der Waals surface area contributed by atoms with E-state index in [1.807, 2.05) is 18.0 Å². The Morgan fingerprint density at radius 3 is 2.67 bits per heavy atom. The first kappa shape index (κ1) is 31.1. The number of carbonyl (C=O) groups is 2. The van der Waals surface area contributed by atoms with Gasteiger partial charge in [0.25, 0.3) is 0 Å². The Balaban J connectivity index is 0.00000441. The number of nitriles is 1. The first-order chi connectivity index (χ1) is 18.6. The number of nitrogens with zero attached hydrogens (tertiary/aromatic N) is 6. The second-order valence-electron chi connectivity index (χ2n) is 9.95. The zero-order chi connectivity index (χ0) is 28.2. The molecule has 0 aromatic carbocycles. The molecule has 14 heteroatoms. The SMILES string of the molecule is COc1nc2c(cc1CN1CCN(C)CC1=O)CCCN2C(=O)Nc1cc(CCCS(C)(=O)=O)c(C#N)cn1.Cl. The monoisotopic (exact) mass is 591 g/mol. The molecule has 0 atom stereocenters. The lowest BCUT2D eigenvalue weighted by molar-refractivity contribution is -0.136. The van der Waals surface area contributed by atoms with Crippen LogP contribution in [0.3, 0.4) is 0 Å². The van der Waals surface area contributed by atoms with Crippen LogP contribution >= 0.6 is 12.4 Å². The molecule has 2 aromatic rings. The topological polar surface area (TPSA) is 149 Å². The van der Waals surface area contributed by atoms with Gasteiger partial charge in [0.1, 0.15) is 27.5 Å². The van der Waals surface area contributed by atoms with Crippen molar-refractivity contribution in [3.05, 3.63) is 40.6 Å². The zero-order valence-electron chi connectivity index (χ0n) is 22.8. The highest BCUT2D eigenvalue weighted by Gasteiger charge is 2.28. The van der Waals surface area contributed by atoms with E-state index < -0.39 is 15.9 Å². The van der Waals surface area contributed by atoms with Gasteiger partial charge in [-0.25, -0.2) is 18.2 Å². The molecule has 3 amide bonds. The number of amides is 3. The first-order valence-electron chi connectivity index (χ1n) is 12.8. The number of ether oxygens (including phenoxy) is 1. The molecule has 216 valence electrons. The molecule has 1 N–H and O–H groups in total. The summed E-state index contributed by atoms with van der Waals surface area (Å²) in [6.45, 7) is 2.63. The van der Waals surface area contributed by atoms with Crippen molar-refractivity contribution in [1.29, 1.82) is 5.26 Å². The van der Waals surface area contributed by atoms with Gasteiger partial charge in [0.15, 0.2) is 0 Å². The van der Waals surface area contributed by atoms with Gasteiger partial charge in [0, 0.05) is 37.7 Å². The van der Waals surface area contributed by atoms with Crippen LogP contribution in [0.1, 0.15) is 35.1 Å². The van der Waals surface area contributed by atoms with Crippen molar-refractivity contribution in [1.82, 2.24) is 19.8 Å². The summed E-state index contributed by atoms with van der Waals surface area (Å²) in [4.78, 5) is 40.0. The maximum Gasteiger partial charge on any atom is 0.328 e. The fraction of sp³-hybridized carbons (Fsp3) is 0.500. The molecule has 2 aromatic heterocycles. The predicted molar refractivity (Wildman–Crippen MR) is 153 cm³/mol. The summed E-state index contributed by atoms with van der Waals surface area (Å²) >= 11 is 0. The molecule has 0 aliphatic carbocycles. The van der Waals surface area contributed by atoms with Crippen LogP contribution in [-0.2, 0) is 34.0 Å². The number of likely N-dealkylation sites (N-methyl/N-ethyl adjacent to an activating group) is 1. The van der Waals surface area contributed by atoms with E-state index in [9.17, 15) is 23.3 Å². The average Bonchev–Trinajstić information content (AvgIpc) is 2.89. The van der Waals surface area contributed by atoms with Crippen LogP contribution in [0, 0.1) is 11.3 Å². The lowest BCUT2D eigenvalue weighted by Crippen LogP contribution is -2.48. The van der Waals surface area contributed by atoms with Crippen molar-refractivity contribution in [3.8, 4) is 11.9 Å². The van der Waals surface area contributed by atoms with E-state index in [1.54, 1.807) is 11.0 Å². The number of urea groups is 1. The molecule has 2 aliphatic rings. The van der Waals surface area contributed by atoms with Crippen LogP contribution in [0.4, 0.5) is 16.4 Å². The number of methoxy groups -OCH3 is 1. The minimum atomic E-state index is -3.12. The number of fused-ring (bicyclic) bond motifs is 1. The Labute approximate surface area is 240 Å². The van der Waals surface area contributed by atoms with E-state index >= 15 is 0 Å². The van der Waals surface area contributed by atoms with Crippen molar-refractivity contribution in [2.24, 2.45) is 0 Å². The molecule has 4 heterocycles. The van der Waals surface area contributed by atoms with E-state index in [4.69, 9.17) is 4.74 Å². The largest absolute Gasteiger partial charge is 0.481 e. The third-order valence-corrected chi connectivity index (χ3v) is 7.85. The number of sulfone groups is 1. The van der Waals surface area contributed by atoms with Crippen molar-refractivity contribution >= 4 is 45.8 Å². The summed E-state index contributed by atoms with van der Waals surface area (Å²) in [5, 5.41) is 12.2. The third-order valence-electron chi connectivity index (χ3n) is 6.82. The van der Waals surface area contributed by atoms with E-state index in [2.05, 4.69) is 21.4 Å². The summed E-state index contributed by atoms with van der Waals surface area (Å²) < 4.78 is 28.5. The van der Waals surface area contributed by atoms with Gasteiger partial charge < -0.3 is 9.64 Å². The molecule has 1 saturated heterocycles. The van der Waals surface area contributed by atoms with Gasteiger partial charge in [-0.05, 0) is 56.0 Å². The van der Waals surface area contributed by atoms with Crippen LogP contribution < -0.4 is 15.0 Å². The van der Waals surface area contributed by atoms with Crippen molar-refractivity contribution < 1.29 is 22.7 Å². The number of pyridine rings is 2. The molecule has 0 spiro atoms. The number of nitrogens with one attached hydrogen (secondary N) is 1. The van der Waals surface area contributed by atoms with Crippen LogP contribution in [0.2, 0.25) is 0 Å². The summed E-state index contributed by atoms with van der Waals surface area (Å²) in [5.74, 6) is 1.17. The Morgan fingerprint density at radius 1 is 1.23 bits per heavy atom. The number of anilines is 2. The van der Waals surface area contributed by atoms with Gasteiger partial charge in [-0.1, -0.05) is 0 Å². The summed E-state index contributed by atoms with van der Waals surface area (Å²) in [7, 11) is 0.315. The molecule has 40 heavy (non-hydrogen) atoms. The minimum Gasteiger partial charge on any atom is -0.481 e. The smallest absolute Gasteiger partial charge is 0.328 e. The molecule has 4 rings (SSSR count). The number of halogens is 1. The highest BCUT2D eigenvalue weighted by Crippen LogP contribution is 2.32. The summed E-state index contributed by atoms with van der Waals surface area (Å²) in [5.41, 5.74) is 2.64. The number of rotatable bonds is 8. The lowest BCUT2D eigenvalue weighted by Gasteiger charge is -2.33. The maximum absolute atomic E-state index is 13.3. The molecule has 0 radical (unpaired) electrons. The van der Waals surface area contributed by atoms with E-state index in [0.717, 1.165) is 30.5 Å². The fourth-order valence-electron chi connectivity index (χ4n) is 4.79. The number of carbonyl (C=O) groups excluding carboxylic acids is 2. The van der Waals surface area contributed by atoms with Gasteiger partial charge in [-0.2, -0.15) is 10.2 Å². The molecule has 0 saturated carbocycles. The van der Waals surface area contributed by atoms with Gasteiger partial charge >= 0.3 is 6.03 Å². The molecular formula is C26H34ClN7O5S. The second-order valence-corrected chi connectivity index (χ2v) is 12.2. The van der Waals surface area contributed by atoms with E-state index in [1.165, 1.54) is 24.5 Å². The van der Waals surface area contributed by atoms with Crippen molar-refractivity contribution in [2.45, 2.75) is 32.2 Å². The van der Waals surface area contributed by atoms with Crippen molar-refractivity contribution in [3.63, 3.8) is 0 Å². The van der Waals surface area contributed by atoms with E-state index in [0.29, 0.717) is 61.8 Å². The molecule has 0 bridgehead atoms. The molecule has 12 nitrogen and oxygen atoms in total. The van der Waals surface area contributed by atoms with Gasteiger partial charge in [0.05, 0.1) is 31.5 Å². The average molecular weight is 592 g/mol. The predicted octanol–water partition coefficient (Wildman–Crippen LogP) is 2.01. The Kier molecular flexibility index (Phi) is 10.3. The Bertz CT molecular complexity index is 1410. The number of piperazine rings is 1. The van der Waals surface area contributed by atoms with E-state index in [-0.39, 0.29) is 29.9 Å². The lowest BCUT2D eigenvalue weighted by atomic mass is 10.0. The minimum absolute atomic E-state index is 0. The standard InChI is InChI=1S/C26H33N7O5S.ClH/c1-31-9-10-32(23(34)17-31)16-20-12-19-6-4-8-33(24(19)30-25(20)38-2)26(35)29-22-13-18(21(14-27)15-28-22)7-5-11-39(3,36)37;/h12-13,15H,4-11,16-17H2,1-3H3,(H,28,29,35);1H. The highest BCUT2D eigenvalue weighted by molar-refractivity contribution is 7.90. The van der Waals surface area contributed by atoms with Gasteiger partial charge in [-0.15, -0.1) is 12.4 Å². The number of aryl methyl sites for hydroxylation is 2. The van der Waals surface area contributed by atoms with Crippen molar-refractivity contribution in [2.75, 3.05) is 62.6 Å². The van der Waals surface area contributed by atoms with Crippen LogP contribution in [0.5, 0.6) is 5.88 Å². The Hall–Kier alpha value is -3.47. The van der Waals surface area contributed by atoms with Crippen LogP contribution in [0.25, 0.3) is 0 Å². The third kappa shape index (κ3) is 7.59. The zero-order valence-corrected chi connectivity index (χ0v) is 24.5. The van der Waals surface area contributed by atoms with Gasteiger partial charge in [-0.3, -0.25) is 19.9 Å². The number of hydrogen-bond acceptors (Lipinski definition) is 9. The molecule has 0 unspecified atom stereocenters. The molecular weight excluding hydrogens is 558 g/mol. The number of aromatic nitrogens is 2. The first-order valence-corrected chi connectivity index (χ1v) is 14.8. The summed E-state index contributed by atoms with van der Waals surface area (Å²) in [6, 6.07) is 5.21. The van der Waals surface area contributed by atoms with Gasteiger partial charge in [0.2, 0.25) is 11.8 Å². The highest BCUT2D eigenvalue weighted by atomic mass is 35.5. The maximum atomic E-state index is 13.3. The molecule has 1 fully saturated rings. The number of hydrogen-bond donors (Lipinski definition) is 1. The normalized spacial score (nSPS) is 15.6. The molecule has 2 aliphatic heterocycles. The summed E-state index contributed by atoms with van der Waals surface area (Å²) in [6.07, 6.45) is 4.74. The quantitative estimate of drug-likeness (QED) is 0.486.